The lowest BCUT2D eigenvalue weighted by atomic mass is 10.0. The molecule has 126 valence electrons. The van der Waals surface area contributed by atoms with Gasteiger partial charge in [-0.3, -0.25) is 4.79 Å². The quantitative estimate of drug-likeness (QED) is 0.784. The summed E-state index contributed by atoms with van der Waals surface area (Å²) in [5, 5.41) is 1.07. The fourth-order valence-electron chi connectivity index (χ4n) is 3.83. The Morgan fingerprint density at radius 3 is 2.88 bits per heavy atom. The number of amides is 1. The molecule has 0 spiro atoms. The van der Waals surface area contributed by atoms with Crippen LogP contribution in [0.25, 0.3) is 10.9 Å². The highest BCUT2D eigenvalue weighted by atomic mass is 16.2. The number of aromatic amines is 1. The molecule has 5 rings (SSSR count). The first-order valence-corrected chi connectivity index (χ1v) is 8.98. The Bertz CT molecular complexity index is 957. The predicted octanol–water partition coefficient (Wildman–Crippen LogP) is 3.08. The Morgan fingerprint density at radius 1 is 1.12 bits per heavy atom. The molecule has 0 atom stereocenters. The number of benzene rings is 1. The van der Waals surface area contributed by atoms with Gasteiger partial charge in [-0.1, -0.05) is 0 Å². The van der Waals surface area contributed by atoms with Gasteiger partial charge in [0.25, 0.3) is 5.91 Å². The van der Waals surface area contributed by atoms with Crippen molar-refractivity contribution in [3.05, 3.63) is 59.3 Å². The molecular formula is C20H20N4O. The molecule has 3 heterocycles. The van der Waals surface area contributed by atoms with E-state index in [0.29, 0.717) is 5.92 Å². The van der Waals surface area contributed by atoms with E-state index in [1.54, 1.807) is 6.33 Å². The fourth-order valence-corrected chi connectivity index (χ4v) is 3.83. The van der Waals surface area contributed by atoms with Crippen LogP contribution in [0.3, 0.4) is 0 Å². The Morgan fingerprint density at radius 2 is 2.00 bits per heavy atom. The third kappa shape index (κ3) is 2.60. The molecule has 25 heavy (non-hydrogen) atoms. The number of fused-ring (bicyclic) bond motifs is 2. The summed E-state index contributed by atoms with van der Waals surface area (Å²) < 4.78 is 0. The SMILES string of the molecule is O=C(c1ccc2[nH]ccc2c1)N1CCc2ncnc(C3CC3)c2CC1. The molecule has 1 aromatic carbocycles. The highest BCUT2D eigenvalue weighted by Crippen LogP contribution is 2.41. The molecule has 0 unspecified atom stereocenters. The van der Waals surface area contributed by atoms with Gasteiger partial charge in [0.1, 0.15) is 6.33 Å². The number of rotatable bonds is 2. The second-order valence-corrected chi connectivity index (χ2v) is 7.03. The molecule has 2 aliphatic rings. The van der Waals surface area contributed by atoms with Crippen LogP contribution >= 0.6 is 0 Å². The molecule has 0 bridgehead atoms. The van der Waals surface area contributed by atoms with E-state index in [1.807, 2.05) is 35.4 Å². The molecule has 0 radical (unpaired) electrons. The summed E-state index contributed by atoms with van der Waals surface area (Å²) in [5.74, 6) is 0.729. The molecule has 1 fully saturated rings. The Labute approximate surface area is 146 Å². The van der Waals surface area contributed by atoms with Crippen LogP contribution in [-0.4, -0.2) is 38.8 Å². The molecule has 3 aromatic rings. The smallest absolute Gasteiger partial charge is 0.253 e. The zero-order chi connectivity index (χ0) is 16.8. The second-order valence-electron chi connectivity index (χ2n) is 7.03. The summed E-state index contributed by atoms with van der Waals surface area (Å²) >= 11 is 0. The van der Waals surface area contributed by atoms with Crippen LogP contribution in [0.2, 0.25) is 0 Å². The van der Waals surface area contributed by atoms with E-state index in [2.05, 4.69) is 15.0 Å². The largest absolute Gasteiger partial charge is 0.361 e. The maximum atomic E-state index is 13.0. The van der Waals surface area contributed by atoms with E-state index in [0.717, 1.165) is 48.1 Å². The number of hydrogen-bond acceptors (Lipinski definition) is 3. The standard InChI is InChI=1S/C20H20N4O/c25-20(15-3-4-17-14(11-15)5-8-21-17)24-9-6-16-18(7-10-24)22-12-23-19(16)13-1-2-13/h3-5,8,11-13,21H,1-2,6-7,9-10H2. The van der Waals surface area contributed by atoms with Crippen molar-refractivity contribution in [1.29, 1.82) is 0 Å². The van der Waals surface area contributed by atoms with Crippen LogP contribution in [0.5, 0.6) is 0 Å². The minimum atomic E-state index is 0.108. The van der Waals surface area contributed by atoms with Crippen molar-refractivity contribution in [2.75, 3.05) is 13.1 Å². The minimum absolute atomic E-state index is 0.108. The van der Waals surface area contributed by atoms with E-state index >= 15 is 0 Å². The van der Waals surface area contributed by atoms with Crippen LogP contribution in [-0.2, 0) is 12.8 Å². The van der Waals surface area contributed by atoms with Crippen LogP contribution in [0.4, 0.5) is 0 Å². The van der Waals surface area contributed by atoms with E-state index in [9.17, 15) is 4.79 Å². The summed E-state index contributed by atoms with van der Waals surface area (Å²) in [6.45, 7) is 1.46. The van der Waals surface area contributed by atoms with Crippen LogP contribution < -0.4 is 0 Å². The van der Waals surface area contributed by atoms with Crippen molar-refractivity contribution in [2.45, 2.75) is 31.6 Å². The molecule has 1 aliphatic carbocycles. The minimum Gasteiger partial charge on any atom is -0.361 e. The first kappa shape index (κ1) is 14.6. The number of carbonyl (C=O) groups is 1. The third-order valence-electron chi connectivity index (χ3n) is 5.37. The van der Waals surface area contributed by atoms with E-state index in [4.69, 9.17) is 0 Å². The maximum absolute atomic E-state index is 13.0. The zero-order valence-corrected chi connectivity index (χ0v) is 14.0. The van der Waals surface area contributed by atoms with Crippen molar-refractivity contribution < 1.29 is 4.79 Å². The Balaban J connectivity index is 1.40. The normalized spacial score (nSPS) is 17.4. The summed E-state index contributed by atoms with van der Waals surface area (Å²) in [7, 11) is 0. The number of nitrogens with zero attached hydrogens (tertiary/aromatic N) is 3. The number of hydrogen-bond donors (Lipinski definition) is 1. The van der Waals surface area contributed by atoms with E-state index in [-0.39, 0.29) is 5.91 Å². The van der Waals surface area contributed by atoms with Gasteiger partial charge in [-0.2, -0.15) is 0 Å². The molecule has 1 aliphatic heterocycles. The number of carbonyl (C=O) groups excluding carboxylic acids is 1. The zero-order valence-electron chi connectivity index (χ0n) is 14.0. The molecule has 5 heteroatoms. The van der Waals surface area contributed by atoms with Gasteiger partial charge in [0.05, 0.1) is 5.69 Å². The van der Waals surface area contributed by atoms with Gasteiger partial charge >= 0.3 is 0 Å². The van der Waals surface area contributed by atoms with Crippen molar-refractivity contribution in [3.8, 4) is 0 Å². The van der Waals surface area contributed by atoms with Gasteiger partial charge < -0.3 is 9.88 Å². The highest BCUT2D eigenvalue weighted by molar-refractivity contribution is 5.98. The summed E-state index contributed by atoms with van der Waals surface area (Å²) in [5.41, 5.74) is 5.47. The van der Waals surface area contributed by atoms with Gasteiger partial charge in [-0.05, 0) is 49.1 Å². The predicted molar refractivity (Wildman–Crippen MR) is 95.6 cm³/mol. The number of H-pyrrole nitrogens is 1. The Kier molecular flexibility index (Phi) is 3.33. The lowest BCUT2D eigenvalue weighted by Gasteiger charge is -2.20. The summed E-state index contributed by atoms with van der Waals surface area (Å²) in [6.07, 6.45) is 7.75. The maximum Gasteiger partial charge on any atom is 0.253 e. The summed E-state index contributed by atoms with van der Waals surface area (Å²) in [6, 6.07) is 7.87. The average Bonchev–Trinajstić information content (AvgIpc) is 3.41. The fraction of sp³-hybridized carbons (Fsp3) is 0.350. The first-order valence-electron chi connectivity index (χ1n) is 8.98. The molecular weight excluding hydrogens is 312 g/mol. The number of nitrogens with one attached hydrogen (secondary N) is 1. The van der Waals surface area contributed by atoms with E-state index in [1.165, 1.54) is 24.1 Å². The van der Waals surface area contributed by atoms with Crippen LogP contribution in [0, 0.1) is 0 Å². The third-order valence-corrected chi connectivity index (χ3v) is 5.37. The van der Waals surface area contributed by atoms with Crippen LogP contribution in [0.1, 0.15) is 46.1 Å². The highest BCUT2D eigenvalue weighted by Gasteiger charge is 2.30. The first-order chi connectivity index (χ1) is 12.3. The lowest BCUT2D eigenvalue weighted by Crippen LogP contribution is -2.33. The van der Waals surface area contributed by atoms with Crippen LogP contribution in [0.15, 0.2) is 36.8 Å². The van der Waals surface area contributed by atoms with Crippen molar-refractivity contribution in [1.82, 2.24) is 19.9 Å². The van der Waals surface area contributed by atoms with Gasteiger partial charge in [0, 0.05) is 53.8 Å². The lowest BCUT2D eigenvalue weighted by molar-refractivity contribution is 0.0763. The molecule has 1 saturated carbocycles. The van der Waals surface area contributed by atoms with Gasteiger partial charge in [0.2, 0.25) is 0 Å². The molecule has 1 N–H and O–H groups in total. The van der Waals surface area contributed by atoms with Crippen molar-refractivity contribution >= 4 is 16.8 Å². The van der Waals surface area contributed by atoms with Gasteiger partial charge in [-0.15, -0.1) is 0 Å². The Hall–Kier alpha value is -2.69. The topological polar surface area (TPSA) is 61.9 Å². The van der Waals surface area contributed by atoms with Gasteiger partial charge in [0.15, 0.2) is 0 Å². The average molecular weight is 332 g/mol. The summed E-state index contributed by atoms with van der Waals surface area (Å²) in [4.78, 5) is 27.1. The monoisotopic (exact) mass is 332 g/mol. The second kappa shape index (κ2) is 5.69. The van der Waals surface area contributed by atoms with E-state index < -0.39 is 0 Å². The molecule has 0 saturated heterocycles. The molecule has 5 nitrogen and oxygen atoms in total. The molecule has 2 aromatic heterocycles. The van der Waals surface area contributed by atoms with Crippen molar-refractivity contribution in [2.24, 2.45) is 0 Å². The number of aromatic nitrogens is 3. The van der Waals surface area contributed by atoms with Crippen molar-refractivity contribution in [3.63, 3.8) is 0 Å². The van der Waals surface area contributed by atoms with Gasteiger partial charge in [-0.25, -0.2) is 9.97 Å². The molecule has 1 amide bonds.